The van der Waals surface area contributed by atoms with Crippen LogP contribution < -0.4 is 10.1 Å². The lowest BCUT2D eigenvalue weighted by molar-refractivity contribution is 0.0953. The highest BCUT2D eigenvalue weighted by atomic mass is 79.9. The van der Waals surface area contributed by atoms with Gasteiger partial charge in [0, 0.05) is 34.6 Å². The molecule has 1 N–H and O–H groups in total. The van der Waals surface area contributed by atoms with Gasteiger partial charge in [0.15, 0.2) is 0 Å². The van der Waals surface area contributed by atoms with Gasteiger partial charge in [-0.3, -0.25) is 4.79 Å². The Hall–Kier alpha value is -2.83. The van der Waals surface area contributed by atoms with E-state index >= 15 is 0 Å². The fourth-order valence-corrected chi connectivity index (χ4v) is 4.72. The molecule has 1 aromatic heterocycles. The Balaban J connectivity index is 1.25. The minimum atomic E-state index is -0.0333. The third-order valence-corrected chi connectivity index (χ3v) is 7.02. The van der Waals surface area contributed by atoms with Crippen LogP contribution in [0.25, 0.3) is 11.0 Å². The molecule has 0 radical (unpaired) electrons. The van der Waals surface area contributed by atoms with E-state index in [-0.39, 0.29) is 5.91 Å². The van der Waals surface area contributed by atoms with Gasteiger partial charge in [-0.05, 0) is 80.3 Å². The summed E-state index contributed by atoms with van der Waals surface area (Å²) in [7, 11) is 0. The lowest BCUT2D eigenvalue weighted by atomic mass is 10.1. The van der Waals surface area contributed by atoms with E-state index < -0.39 is 0 Å². The zero-order chi connectivity index (χ0) is 25.3. The first-order valence-corrected chi connectivity index (χ1v) is 13.6. The highest BCUT2D eigenvalue weighted by Crippen LogP contribution is 2.22. The van der Waals surface area contributed by atoms with E-state index in [1.807, 2.05) is 55.5 Å². The number of fused-ring (bicyclic) bond motifs is 1. The van der Waals surface area contributed by atoms with E-state index in [0.717, 1.165) is 76.3 Å². The summed E-state index contributed by atoms with van der Waals surface area (Å²) < 4.78 is 9.17. The van der Waals surface area contributed by atoms with Crippen LogP contribution in [0, 0.1) is 6.92 Å². The van der Waals surface area contributed by atoms with Gasteiger partial charge in [0.2, 0.25) is 0 Å². The summed E-state index contributed by atoms with van der Waals surface area (Å²) in [4.78, 5) is 17.2. The summed E-state index contributed by atoms with van der Waals surface area (Å²) in [5, 5.41) is 3.76. The lowest BCUT2D eigenvalue weighted by Gasteiger charge is -2.11. The molecule has 0 atom stereocenters. The predicted molar refractivity (Wildman–Crippen MR) is 150 cm³/mol. The van der Waals surface area contributed by atoms with Crippen molar-refractivity contribution in [1.29, 1.82) is 0 Å². The van der Waals surface area contributed by atoms with Gasteiger partial charge in [0.05, 0.1) is 17.6 Å². The van der Waals surface area contributed by atoms with Gasteiger partial charge in [-0.15, -0.1) is 0 Å². The third kappa shape index (κ3) is 7.11. The minimum absolute atomic E-state index is 0.0333. The number of hydrogen-bond acceptors (Lipinski definition) is 3. The Bertz CT molecular complexity index is 1320. The van der Waals surface area contributed by atoms with Crippen molar-refractivity contribution in [3.8, 4) is 5.75 Å². The maximum Gasteiger partial charge on any atom is 0.251 e. The molecule has 7 heteroatoms. The first kappa shape index (κ1) is 26.2. The number of aromatic nitrogens is 2. The van der Waals surface area contributed by atoms with Crippen molar-refractivity contribution in [2.24, 2.45) is 0 Å². The first-order chi connectivity index (χ1) is 17.5. The fraction of sp³-hybridized carbons (Fsp3) is 0.310. The van der Waals surface area contributed by atoms with Gasteiger partial charge in [0.25, 0.3) is 5.91 Å². The van der Waals surface area contributed by atoms with E-state index in [9.17, 15) is 4.79 Å². The molecule has 4 aromatic rings. The predicted octanol–water partition coefficient (Wildman–Crippen LogP) is 7.37. The summed E-state index contributed by atoms with van der Waals surface area (Å²) >= 11 is 9.52. The Kier molecular flexibility index (Phi) is 9.42. The van der Waals surface area contributed by atoms with Gasteiger partial charge < -0.3 is 14.6 Å². The van der Waals surface area contributed by atoms with Crippen molar-refractivity contribution in [2.75, 3.05) is 13.2 Å². The van der Waals surface area contributed by atoms with E-state index in [1.54, 1.807) is 0 Å². The number of amides is 1. The maximum absolute atomic E-state index is 12.3. The van der Waals surface area contributed by atoms with Crippen molar-refractivity contribution >= 4 is 44.5 Å². The Morgan fingerprint density at radius 2 is 1.89 bits per heavy atom. The standard InChI is InChI=1S/C29H31BrClN3O2/c1-21-19-24(14-15-25(21)31)36-18-8-17-34-27-12-5-4-11-26(27)33-28(34)13-3-2-6-16-32-29(35)22-9-7-10-23(30)20-22/h4-5,7,9-12,14-15,19-20H,2-3,6,8,13,16-18H2,1H3,(H,32,35). The van der Waals surface area contributed by atoms with Gasteiger partial charge >= 0.3 is 0 Å². The topological polar surface area (TPSA) is 56.1 Å². The van der Waals surface area contributed by atoms with E-state index in [1.165, 1.54) is 0 Å². The molecule has 0 spiro atoms. The molecule has 188 valence electrons. The molecule has 1 heterocycles. The number of ether oxygens (including phenoxy) is 1. The molecule has 0 aliphatic heterocycles. The van der Waals surface area contributed by atoms with Crippen LogP contribution in [0.3, 0.4) is 0 Å². The quantitative estimate of drug-likeness (QED) is 0.182. The number of rotatable bonds is 12. The van der Waals surface area contributed by atoms with Crippen LogP contribution in [0.2, 0.25) is 5.02 Å². The second-order valence-corrected chi connectivity index (χ2v) is 10.2. The Morgan fingerprint density at radius 3 is 2.72 bits per heavy atom. The molecule has 5 nitrogen and oxygen atoms in total. The molecule has 0 saturated carbocycles. The highest BCUT2D eigenvalue weighted by molar-refractivity contribution is 9.10. The summed E-state index contributed by atoms with van der Waals surface area (Å²) in [5.74, 6) is 1.92. The SMILES string of the molecule is Cc1cc(OCCCn2c(CCCCCNC(=O)c3cccc(Br)c3)nc3ccccc32)ccc1Cl. The van der Waals surface area contributed by atoms with Crippen LogP contribution in [0.4, 0.5) is 0 Å². The normalized spacial score (nSPS) is 11.1. The lowest BCUT2D eigenvalue weighted by Crippen LogP contribution is -2.24. The molecule has 36 heavy (non-hydrogen) atoms. The number of aryl methyl sites for hydroxylation is 3. The fourth-order valence-electron chi connectivity index (χ4n) is 4.20. The van der Waals surface area contributed by atoms with Crippen LogP contribution >= 0.6 is 27.5 Å². The monoisotopic (exact) mass is 567 g/mol. The number of carbonyl (C=O) groups excluding carboxylic acids is 1. The second-order valence-electron chi connectivity index (χ2n) is 8.86. The zero-order valence-electron chi connectivity index (χ0n) is 20.5. The minimum Gasteiger partial charge on any atom is -0.494 e. The molecular formula is C29H31BrClN3O2. The largest absolute Gasteiger partial charge is 0.494 e. The number of halogens is 2. The molecule has 0 saturated heterocycles. The van der Waals surface area contributed by atoms with Gasteiger partial charge in [-0.2, -0.15) is 0 Å². The summed E-state index contributed by atoms with van der Waals surface area (Å²) in [5.41, 5.74) is 3.89. The maximum atomic E-state index is 12.3. The van der Waals surface area contributed by atoms with Crippen molar-refractivity contribution < 1.29 is 9.53 Å². The molecule has 0 unspecified atom stereocenters. The van der Waals surface area contributed by atoms with Crippen LogP contribution in [-0.2, 0) is 13.0 Å². The van der Waals surface area contributed by atoms with Crippen molar-refractivity contribution in [2.45, 2.75) is 45.6 Å². The number of carbonyl (C=O) groups is 1. The number of para-hydroxylation sites is 2. The second kappa shape index (κ2) is 12.9. The summed E-state index contributed by atoms with van der Waals surface area (Å²) in [6, 6.07) is 21.5. The Morgan fingerprint density at radius 1 is 1.03 bits per heavy atom. The number of nitrogens with zero attached hydrogens (tertiary/aromatic N) is 2. The molecule has 1 amide bonds. The highest BCUT2D eigenvalue weighted by Gasteiger charge is 2.11. The van der Waals surface area contributed by atoms with Crippen LogP contribution in [0.5, 0.6) is 5.75 Å². The number of benzene rings is 3. The molecule has 4 rings (SSSR count). The smallest absolute Gasteiger partial charge is 0.251 e. The number of nitrogens with one attached hydrogen (secondary N) is 1. The molecule has 0 fully saturated rings. The molecule has 0 bridgehead atoms. The Labute approximate surface area is 226 Å². The molecule has 3 aromatic carbocycles. The van der Waals surface area contributed by atoms with Crippen LogP contribution in [0.1, 0.15) is 47.4 Å². The zero-order valence-corrected chi connectivity index (χ0v) is 22.8. The first-order valence-electron chi connectivity index (χ1n) is 12.4. The number of hydrogen-bond donors (Lipinski definition) is 1. The van der Waals surface area contributed by atoms with E-state index in [2.05, 4.69) is 44.0 Å². The van der Waals surface area contributed by atoms with Crippen molar-refractivity contribution in [3.05, 3.63) is 93.2 Å². The average Bonchev–Trinajstić information content (AvgIpc) is 3.23. The number of unbranched alkanes of at least 4 members (excludes halogenated alkanes) is 2. The molecule has 0 aliphatic rings. The van der Waals surface area contributed by atoms with Crippen molar-refractivity contribution in [3.63, 3.8) is 0 Å². The van der Waals surface area contributed by atoms with Gasteiger partial charge in [-0.1, -0.05) is 52.2 Å². The summed E-state index contributed by atoms with van der Waals surface area (Å²) in [6.07, 6.45) is 4.79. The third-order valence-electron chi connectivity index (χ3n) is 6.11. The summed E-state index contributed by atoms with van der Waals surface area (Å²) in [6.45, 7) is 4.13. The number of imidazole rings is 1. The molecular weight excluding hydrogens is 538 g/mol. The van der Waals surface area contributed by atoms with Crippen LogP contribution in [-0.4, -0.2) is 28.6 Å². The van der Waals surface area contributed by atoms with E-state index in [0.29, 0.717) is 18.7 Å². The average molecular weight is 569 g/mol. The van der Waals surface area contributed by atoms with E-state index in [4.69, 9.17) is 21.3 Å². The van der Waals surface area contributed by atoms with Crippen LogP contribution in [0.15, 0.2) is 71.2 Å². The van der Waals surface area contributed by atoms with Gasteiger partial charge in [0.1, 0.15) is 11.6 Å². The molecule has 0 aliphatic carbocycles. The van der Waals surface area contributed by atoms with Gasteiger partial charge in [-0.25, -0.2) is 4.98 Å². The van der Waals surface area contributed by atoms with Crippen molar-refractivity contribution in [1.82, 2.24) is 14.9 Å².